The highest BCUT2D eigenvalue weighted by Gasteiger charge is 2.08. The summed E-state index contributed by atoms with van der Waals surface area (Å²) >= 11 is 3.09. The van der Waals surface area contributed by atoms with E-state index < -0.39 is 0 Å². The Balaban J connectivity index is 1.33. The predicted molar refractivity (Wildman–Crippen MR) is 108 cm³/mol. The minimum Gasteiger partial charge on any atom is -0.448 e. The molecule has 0 saturated heterocycles. The molecule has 4 rings (SSSR count). The molecule has 134 valence electrons. The molecule has 0 saturated carbocycles. The number of fused-ring (bicyclic) bond motifs is 1. The molecule has 0 aliphatic carbocycles. The number of carbonyl (C=O) groups excluding carboxylic acids is 1. The normalized spacial score (nSPS) is 11.3. The third kappa shape index (κ3) is 4.64. The van der Waals surface area contributed by atoms with Crippen LogP contribution in [0.25, 0.3) is 10.2 Å². The van der Waals surface area contributed by atoms with E-state index in [0.29, 0.717) is 5.76 Å². The van der Waals surface area contributed by atoms with E-state index in [4.69, 9.17) is 4.42 Å². The number of nitrogens with zero attached hydrogens (tertiary/aromatic N) is 2. The Kier molecular flexibility index (Phi) is 5.32. The standard InChI is InChI=1S/C20H15N3O2S2/c24-18(12-14-6-2-1-3-7-14)23-21-13-15-10-11-19(25-15)27-20-22-16-8-4-5-9-17(16)26-20/h1-11,13H,12H2,(H,23,24)/b21-13-. The average Bonchev–Trinajstić information content (AvgIpc) is 3.29. The minimum absolute atomic E-state index is 0.173. The van der Waals surface area contributed by atoms with Crippen molar-refractivity contribution >= 4 is 45.4 Å². The summed E-state index contributed by atoms with van der Waals surface area (Å²) in [6.07, 6.45) is 1.78. The Bertz CT molecular complexity index is 1050. The van der Waals surface area contributed by atoms with E-state index in [0.717, 1.165) is 25.2 Å². The number of furan rings is 1. The van der Waals surface area contributed by atoms with E-state index in [1.165, 1.54) is 18.0 Å². The van der Waals surface area contributed by atoms with Gasteiger partial charge in [-0.25, -0.2) is 10.4 Å². The van der Waals surface area contributed by atoms with Crippen LogP contribution in [0.5, 0.6) is 0 Å². The van der Waals surface area contributed by atoms with Crippen molar-refractivity contribution in [3.63, 3.8) is 0 Å². The van der Waals surface area contributed by atoms with Crippen molar-refractivity contribution in [1.29, 1.82) is 0 Å². The molecule has 0 aliphatic heterocycles. The van der Waals surface area contributed by atoms with Gasteiger partial charge in [0.15, 0.2) is 9.43 Å². The van der Waals surface area contributed by atoms with Crippen molar-refractivity contribution in [2.75, 3.05) is 0 Å². The molecule has 1 amide bonds. The fraction of sp³-hybridized carbons (Fsp3) is 0.0500. The van der Waals surface area contributed by atoms with Crippen molar-refractivity contribution in [2.24, 2.45) is 5.10 Å². The molecular formula is C20H15N3O2S2. The summed E-state index contributed by atoms with van der Waals surface area (Å²) in [5, 5.41) is 4.68. The quantitative estimate of drug-likeness (QED) is 0.380. The maximum Gasteiger partial charge on any atom is 0.244 e. The Morgan fingerprint density at radius 2 is 1.93 bits per heavy atom. The Morgan fingerprint density at radius 1 is 1.11 bits per heavy atom. The highest BCUT2D eigenvalue weighted by Crippen LogP contribution is 2.34. The van der Waals surface area contributed by atoms with Crippen LogP contribution in [0.1, 0.15) is 11.3 Å². The Labute approximate surface area is 164 Å². The third-order valence-corrected chi connectivity index (χ3v) is 5.67. The van der Waals surface area contributed by atoms with E-state index in [2.05, 4.69) is 21.6 Å². The third-order valence-electron chi connectivity index (χ3n) is 3.65. The van der Waals surface area contributed by atoms with Crippen LogP contribution in [0.4, 0.5) is 0 Å². The lowest BCUT2D eigenvalue weighted by Gasteiger charge is -1.99. The fourth-order valence-corrected chi connectivity index (χ4v) is 4.40. The SMILES string of the molecule is O=C(Cc1ccccc1)N/N=C\c1ccc(Sc2nc3ccccc3s2)o1. The number of aromatic nitrogens is 1. The monoisotopic (exact) mass is 393 g/mol. The summed E-state index contributed by atoms with van der Waals surface area (Å²) in [6.45, 7) is 0. The first-order valence-corrected chi connectivity index (χ1v) is 9.89. The number of rotatable bonds is 6. The first-order valence-electron chi connectivity index (χ1n) is 8.25. The number of nitrogens with one attached hydrogen (secondary N) is 1. The van der Waals surface area contributed by atoms with Gasteiger partial charge in [-0.05, 0) is 41.6 Å². The van der Waals surface area contributed by atoms with Gasteiger partial charge in [-0.15, -0.1) is 11.3 Å². The maximum absolute atomic E-state index is 11.9. The van der Waals surface area contributed by atoms with Gasteiger partial charge in [0, 0.05) is 0 Å². The first-order chi connectivity index (χ1) is 13.3. The van der Waals surface area contributed by atoms with Gasteiger partial charge in [0.1, 0.15) is 5.76 Å². The zero-order valence-electron chi connectivity index (χ0n) is 14.2. The molecule has 0 radical (unpaired) electrons. The fourth-order valence-electron chi connectivity index (χ4n) is 2.43. The molecule has 7 heteroatoms. The van der Waals surface area contributed by atoms with Crippen LogP contribution in [-0.2, 0) is 11.2 Å². The van der Waals surface area contributed by atoms with Gasteiger partial charge in [0.05, 0.1) is 22.9 Å². The topological polar surface area (TPSA) is 67.5 Å². The average molecular weight is 393 g/mol. The van der Waals surface area contributed by atoms with Crippen LogP contribution < -0.4 is 5.43 Å². The Morgan fingerprint density at radius 3 is 2.78 bits per heavy atom. The molecule has 0 unspecified atom stereocenters. The molecule has 0 bridgehead atoms. The van der Waals surface area contributed by atoms with Gasteiger partial charge < -0.3 is 4.42 Å². The summed E-state index contributed by atoms with van der Waals surface area (Å²) in [7, 11) is 0. The summed E-state index contributed by atoms with van der Waals surface area (Å²) < 4.78 is 7.78. The molecule has 2 aromatic carbocycles. The summed E-state index contributed by atoms with van der Waals surface area (Å²) in [5.74, 6) is 0.395. The van der Waals surface area contributed by atoms with Crippen LogP contribution in [0.15, 0.2) is 85.7 Å². The molecule has 27 heavy (non-hydrogen) atoms. The number of amides is 1. The molecule has 0 spiro atoms. The summed E-state index contributed by atoms with van der Waals surface area (Å²) in [5.41, 5.74) is 4.44. The molecule has 5 nitrogen and oxygen atoms in total. The van der Waals surface area contributed by atoms with Gasteiger partial charge in [0.2, 0.25) is 5.91 Å². The van der Waals surface area contributed by atoms with Crippen molar-refractivity contribution < 1.29 is 9.21 Å². The van der Waals surface area contributed by atoms with Crippen LogP contribution in [0, 0.1) is 0 Å². The number of para-hydroxylation sites is 1. The zero-order chi connectivity index (χ0) is 18.5. The van der Waals surface area contributed by atoms with E-state index in [1.807, 2.05) is 60.7 Å². The highest BCUT2D eigenvalue weighted by molar-refractivity contribution is 8.01. The molecule has 2 heterocycles. The molecule has 0 atom stereocenters. The van der Waals surface area contributed by atoms with Gasteiger partial charge in [0.25, 0.3) is 0 Å². The first kappa shape index (κ1) is 17.5. The van der Waals surface area contributed by atoms with Gasteiger partial charge in [-0.3, -0.25) is 4.79 Å². The molecule has 0 aliphatic rings. The van der Waals surface area contributed by atoms with E-state index >= 15 is 0 Å². The van der Waals surface area contributed by atoms with Crippen molar-refractivity contribution in [1.82, 2.24) is 10.4 Å². The number of hydrogen-bond donors (Lipinski definition) is 1. The number of hydrogen-bond acceptors (Lipinski definition) is 6. The largest absolute Gasteiger partial charge is 0.448 e. The highest BCUT2D eigenvalue weighted by atomic mass is 32.2. The summed E-state index contributed by atoms with van der Waals surface area (Å²) in [4.78, 5) is 16.4. The van der Waals surface area contributed by atoms with Crippen LogP contribution in [0.3, 0.4) is 0 Å². The lowest BCUT2D eigenvalue weighted by Crippen LogP contribution is -2.19. The lowest BCUT2D eigenvalue weighted by atomic mass is 10.1. The second-order valence-electron chi connectivity index (χ2n) is 5.66. The molecule has 1 N–H and O–H groups in total. The maximum atomic E-state index is 11.9. The van der Waals surface area contributed by atoms with E-state index in [1.54, 1.807) is 11.3 Å². The molecule has 0 fully saturated rings. The molecule has 2 aromatic heterocycles. The number of hydrazone groups is 1. The number of thiazole rings is 1. The smallest absolute Gasteiger partial charge is 0.244 e. The minimum atomic E-state index is -0.173. The number of benzene rings is 2. The lowest BCUT2D eigenvalue weighted by molar-refractivity contribution is -0.120. The van der Waals surface area contributed by atoms with Gasteiger partial charge in [-0.1, -0.05) is 42.5 Å². The van der Waals surface area contributed by atoms with Gasteiger partial charge >= 0.3 is 0 Å². The van der Waals surface area contributed by atoms with E-state index in [9.17, 15) is 4.79 Å². The zero-order valence-corrected chi connectivity index (χ0v) is 15.8. The Hall–Kier alpha value is -2.90. The van der Waals surface area contributed by atoms with Crippen LogP contribution in [-0.4, -0.2) is 17.1 Å². The van der Waals surface area contributed by atoms with Crippen molar-refractivity contribution in [3.8, 4) is 0 Å². The van der Waals surface area contributed by atoms with Crippen molar-refractivity contribution in [3.05, 3.63) is 78.1 Å². The van der Waals surface area contributed by atoms with Crippen molar-refractivity contribution in [2.45, 2.75) is 15.9 Å². The van der Waals surface area contributed by atoms with E-state index in [-0.39, 0.29) is 12.3 Å². The predicted octanol–water partition coefficient (Wildman–Crippen LogP) is 4.73. The van der Waals surface area contributed by atoms with Gasteiger partial charge in [-0.2, -0.15) is 5.10 Å². The molecular weight excluding hydrogens is 378 g/mol. The number of carbonyl (C=O) groups is 1. The molecule has 4 aromatic rings. The second-order valence-corrected chi connectivity index (χ2v) is 7.94. The van der Waals surface area contributed by atoms with Crippen LogP contribution in [0.2, 0.25) is 0 Å². The van der Waals surface area contributed by atoms with Crippen LogP contribution >= 0.6 is 23.1 Å². The second kappa shape index (κ2) is 8.20. The summed E-state index contributed by atoms with van der Waals surface area (Å²) in [6, 6.07) is 21.2.